The lowest BCUT2D eigenvalue weighted by Crippen LogP contribution is -2.62. The molecule has 6 aliphatic heterocycles. The molecule has 4 aromatic carbocycles. The number of carbonyl (C=O) groups excluding carboxylic acids is 4. The van der Waals surface area contributed by atoms with Crippen LogP contribution in [-0.2, 0) is 20.8 Å². The smallest absolute Gasteiger partial charge is 0.380 e. The highest BCUT2D eigenvalue weighted by atomic mass is 79.9. The Kier molecular flexibility index (Phi) is 21.5. The number of nitrogens with two attached hydrogens (primary N) is 1. The van der Waals surface area contributed by atoms with E-state index in [-0.39, 0.29) is 135 Å². The van der Waals surface area contributed by atoms with Gasteiger partial charge in [0.1, 0.15) is 0 Å². The van der Waals surface area contributed by atoms with Crippen molar-refractivity contribution in [3.63, 3.8) is 0 Å². The van der Waals surface area contributed by atoms with Crippen molar-refractivity contribution in [2.24, 2.45) is 5.73 Å². The number of nitrogens with one attached hydrogen (secondary N) is 1. The van der Waals surface area contributed by atoms with Crippen molar-refractivity contribution >= 4 is 91.6 Å². The molecular weight excluding hydrogens is 1320 g/mol. The average Bonchev–Trinajstić information content (AvgIpc) is 0.949. The number of rotatable bonds is 10. The molecule has 87 heavy (non-hydrogen) atoms. The quantitative estimate of drug-likeness (QED) is 0.112. The molecule has 0 radical (unpaired) electrons. The molecule has 2 atom stereocenters. The Morgan fingerprint density at radius 3 is 1.26 bits per heavy atom. The van der Waals surface area contributed by atoms with Gasteiger partial charge in [0.2, 0.25) is 0 Å². The number of benzene rings is 4. The predicted molar refractivity (Wildman–Crippen MR) is 311 cm³/mol. The van der Waals surface area contributed by atoms with E-state index >= 15 is 0 Å². The van der Waals surface area contributed by atoms with E-state index in [1.807, 2.05) is 0 Å². The fourth-order valence-corrected chi connectivity index (χ4v) is 12.8. The maximum atomic E-state index is 14.0. The number of nitrogens with zero attached hydrogens (tertiary/aromatic N) is 6. The van der Waals surface area contributed by atoms with Gasteiger partial charge in [0.25, 0.3) is 46.7 Å². The summed E-state index contributed by atoms with van der Waals surface area (Å²) >= 11 is 27.2. The molecule has 5 N–H and O–H groups in total. The van der Waals surface area contributed by atoms with Gasteiger partial charge in [-0.25, -0.2) is 17.6 Å². The second kappa shape index (κ2) is 27.4. The van der Waals surface area contributed by atoms with Gasteiger partial charge in [0.15, 0.2) is 0 Å². The van der Waals surface area contributed by atoms with Gasteiger partial charge in [-0.1, -0.05) is 86.6 Å². The summed E-state index contributed by atoms with van der Waals surface area (Å²) < 4.78 is 137. The van der Waals surface area contributed by atoms with Gasteiger partial charge in [0.05, 0.1) is 27.2 Å². The van der Waals surface area contributed by atoms with Crippen LogP contribution in [0, 0.1) is 0 Å². The third-order valence-corrected chi connectivity index (χ3v) is 18.2. The second-order valence-corrected chi connectivity index (χ2v) is 25.2. The minimum Gasteiger partial charge on any atom is -0.380 e. The molecule has 0 aliphatic carbocycles. The van der Waals surface area contributed by atoms with E-state index in [4.69, 9.17) is 52.1 Å². The third-order valence-electron chi connectivity index (χ3n) is 16.6. The highest BCUT2D eigenvalue weighted by Crippen LogP contribution is 2.44. The van der Waals surface area contributed by atoms with Crippen molar-refractivity contribution in [3.05, 3.63) is 132 Å². The molecule has 4 aromatic rings. The fourth-order valence-electron chi connectivity index (χ4n) is 11.4. The summed E-state index contributed by atoms with van der Waals surface area (Å²) in [6.07, 6.45) is -9.69. The first kappa shape index (κ1) is 68.2. The SMILES string of the molecule is NC1CN(C2CCN(C(=O)C(O)(c3cccc(Cl)c3)C(F)(F)F)CC2)C1.O=C(c1ccc(Br)cc1Cl)N1CCC(F)(F)CC1.O=C(c1ccc(NC2CN(C3CCN(C(=O)C(O)(c4cccc(Cl)c4)C(F)(F)F)CC3)C2)cc1Cl)N1CCC(F)(F)CC1. The van der Waals surface area contributed by atoms with Crippen LogP contribution in [0.15, 0.2) is 89.4 Å². The fraction of sp³-hybridized carbons (Fsp3) is 0.517. The van der Waals surface area contributed by atoms with Crippen molar-refractivity contribution in [1.82, 2.24) is 29.4 Å². The number of amides is 4. The Balaban J connectivity index is 0.000000188. The van der Waals surface area contributed by atoms with Crippen LogP contribution in [-0.4, -0.2) is 190 Å². The van der Waals surface area contributed by atoms with Gasteiger partial charge < -0.3 is 40.9 Å². The molecule has 0 aromatic heterocycles. The van der Waals surface area contributed by atoms with Gasteiger partial charge >= 0.3 is 12.4 Å². The first-order chi connectivity index (χ1) is 40.7. The second-order valence-electron chi connectivity index (χ2n) is 22.6. The van der Waals surface area contributed by atoms with E-state index in [1.54, 1.807) is 36.4 Å². The number of anilines is 1. The zero-order valence-corrected chi connectivity index (χ0v) is 51.1. The monoisotopic (exact) mass is 1380 g/mol. The molecule has 0 bridgehead atoms. The molecule has 6 fully saturated rings. The zero-order chi connectivity index (χ0) is 63.6. The Morgan fingerprint density at radius 1 is 0.529 bits per heavy atom. The molecule has 476 valence electrons. The standard InChI is InChI=1S/C29H31Cl2F5N4O3.C17H21ClF3N3O2.C12H11BrClF2NO/c30-19-3-1-2-18(14-19)28(43,29(34,35)36)26(42)39-10-6-22(7-11-39)40-16-21(17-40)37-20-4-5-23(24(31)15-20)25(41)38-12-8-27(32,33)9-13-38;18-12-3-1-2-11(8-12)16(26,17(19,20)21)15(25)23-6-4-14(5-7-23)24-9-13(22)10-24;13-8-1-2-9(10(14)7-8)11(18)17-5-3-12(15,16)4-6-17/h1-5,14-15,21-22,37,43H,6-13,16-17H2;1-3,8,13-14,26H,4-7,9-10,22H2;1-2,7H,3-6H2. The number of carbonyl (C=O) groups is 4. The Labute approximate surface area is 523 Å². The lowest BCUT2D eigenvalue weighted by atomic mass is 9.89. The van der Waals surface area contributed by atoms with E-state index in [2.05, 4.69) is 31.0 Å². The third kappa shape index (κ3) is 15.9. The van der Waals surface area contributed by atoms with Crippen LogP contribution in [0.1, 0.15) is 83.2 Å². The molecule has 6 aliphatic rings. The lowest BCUT2D eigenvalue weighted by Gasteiger charge is -2.48. The van der Waals surface area contributed by atoms with Crippen LogP contribution in [0.25, 0.3) is 0 Å². The minimum absolute atomic E-state index is 0.0193. The van der Waals surface area contributed by atoms with E-state index < -0.39 is 58.3 Å². The maximum Gasteiger partial charge on any atom is 0.430 e. The molecule has 14 nitrogen and oxygen atoms in total. The van der Waals surface area contributed by atoms with Crippen LogP contribution in [0.3, 0.4) is 0 Å². The molecule has 2 unspecified atom stereocenters. The Hall–Kier alpha value is -4.70. The van der Waals surface area contributed by atoms with Crippen molar-refractivity contribution < 1.29 is 73.3 Å². The first-order valence-electron chi connectivity index (χ1n) is 28.0. The molecular formula is C58H63BrCl4F10N8O6. The summed E-state index contributed by atoms with van der Waals surface area (Å²) in [5.41, 5.74) is -1.43. The summed E-state index contributed by atoms with van der Waals surface area (Å²) in [5.74, 6) is -8.85. The van der Waals surface area contributed by atoms with Crippen LogP contribution in [0.2, 0.25) is 20.1 Å². The van der Waals surface area contributed by atoms with Gasteiger partial charge in [-0.2, -0.15) is 26.3 Å². The number of aliphatic hydroxyl groups is 2. The highest BCUT2D eigenvalue weighted by molar-refractivity contribution is 9.10. The summed E-state index contributed by atoms with van der Waals surface area (Å²) in [7, 11) is 0. The van der Waals surface area contributed by atoms with Crippen molar-refractivity contribution in [3.8, 4) is 0 Å². The van der Waals surface area contributed by atoms with Gasteiger partial charge in [-0.05, 0) is 86.3 Å². The number of alkyl halides is 10. The lowest BCUT2D eigenvalue weighted by molar-refractivity contribution is -0.263. The summed E-state index contributed by atoms with van der Waals surface area (Å²) in [6, 6.07) is 19.6. The topological polar surface area (TPSA) is 166 Å². The van der Waals surface area contributed by atoms with E-state index in [1.165, 1.54) is 34.1 Å². The normalized spacial score (nSPS) is 21.4. The Morgan fingerprint density at radius 2 is 0.908 bits per heavy atom. The van der Waals surface area contributed by atoms with Crippen LogP contribution >= 0.6 is 62.3 Å². The number of likely N-dealkylation sites (tertiary alicyclic amines) is 6. The van der Waals surface area contributed by atoms with E-state index in [0.717, 1.165) is 51.6 Å². The van der Waals surface area contributed by atoms with Crippen LogP contribution in [0.5, 0.6) is 0 Å². The minimum atomic E-state index is -5.23. The van der Waals surface area contributed by atoms with Gasteiger partial charge in [0, 0.05) is 154 Å². The molecule has 0 spiro atoms. The van der Waals surface area contributed by atoms with Gasteiger partial charge in [-0.3, -0.25) is 29.0 Å². The molecule has 0 saturated carbocycles. The molecule has 10 rings (SSSR count). The predicted octanol–water partition coefficient (Wildman–Crippen LogP) is 11.1. The number of hydrogen-bond donors (Lipinski definition) is 4. The summed E-state index contributed by atoms with van der Waals surface area (Å²) in [4.78, 5) is 59.9. The average molecular weight is 1380 g/mol. The number of piperidine rings is 4. The van der Waals surface area contributed by atoms with Crippen molar-refractivity contribution in [2.45, 2.75) is 111 Å². The zero-order valence-electron chi connectivity index (χ0n) is 46.5. The van der Waals surface area contributed by atoms with Crippen molar-refractivity contribution in [1.29, 1.82) is 0 Å². The first-order valence-corrected chi connectivity index (χ1v) is 30.3. The summed E-state index contributed by atoms with van der Waals surface area (Å²) in [6.45, 7) is 3.39. The summed E-state index contributed by atoms with van der Waals surface area (Å²) in [5, 5.41) is 25.0. The van der Waals surface area contributed by atoms with E-state index in [9.17, 15) is 73.3 Å². The number of hydrogen-bond acceptors (Lipinski definition) is 10. The van der Waals surface area contributed by atoms with Crippen molar-refractivity contribution in [2.75, 3.05) is 83.9 Å². The number of halogens is 15. The largest absolute Gasteiger partial charge is 0.430 e. The van der Waals surface area contributed by atoms with Crippen LogP contribution < -0.4 is 11.1 Å². The molecule has 6 saturated heterocycles. The molecule has 6 heterocycles. The molecule has 4 amide bonds. The molecule has 29 heteroatoms. The van der Waals surface area contributed by atoms with E-state index in [0.29, 0.717) is 55.0 Å². The highest BCUT2D eigenvalue weighted by Gasteiger charge is 2.63. The van der Waals surface area contributed by atoms with Crippen LogP contribution in [0.4, 0.5) is 49.6 Å². The van der Waals surface area contributed by atoms with Gasteiger partial charge in [-0.15, -0.1) is 0 Å². The maximum absolute atomic E-state index is 14.0. The Bertz CT molecular complexity index is 3110.